The van der Waals surface area contributed by atoms with Crippen LogP contribution in [0.2, 0.25) is 0 Å². The SMILES string of the molecule is CSc1sc(-c2nc(C(C)C)no2)c2c1C(=O)CC(C)(C)C2. The summed E-state index contributed by atoms with van der Waals surface area (Å²) in [5.74, 6) is 1.73. The zero-order valence-corrected chi connectivity index (χ0v) is 15.2. The van der Waals surface area contributed by atoms with Gasteiger partial charge in [-0.25, -0.2) is 0 Å². The van der Waals surface area contributed by atoms with Crippen molar-refractivity contribution in [1.29, 1.82) is 0 Å². The van der Waals surface area contributed by atoms with E-state index in [0.29, 0.717) is 18.1 Å². The lowest BCUT2D eigenvalue weighted by atomic mass is 9.74. The number of thioether (sulfide) groups is 1. The predicted octanol–water partition coefficient (Wildman–Crippen LogP) is 4.80. The Balaban J connectivity index is 2.15. The number of hydrogen-bond donors (Lipinski definition) is 0. The standard InChI is InChI=1S/C16H20N2O2S2/c1-8(2)13-17-14(20-18-13)12-9-6-16(3,4)7-10(19)11(9)15(21-5)22-12/h8H,6-7H2,1-5H3. The molecule has 0 saturated carbocycles. The molecule has 1 aliphatic carbocycles. The smallest absolute Gasteiger partial charge is 0.268 e. The third kappa shape index (κ3) is 2.63. The van der Waals surface area contributed by atoms with E-state index >= 15 is 0 Å². The number of thiophene rings is 1. The van der Waals surface area contributed by atoms with Gasteiger partial charge in [-0.15, -0.1) is 23.1 Å². The zero-order valence-electron chi connectivity index (χ0n) is 13.5. The number of fused-ring (bicyclic) bond motifs is 1. The number of ketones is 1. The molecule has 1 aliphatic rings. The number of hydrogen-bond acceptors (Lipinski definition) is 6. The lowest BCUT2D eigenvalue weighted by molar-refractivity contribution is 0.0910. The van der Waals surface area contributed by atoms with Crippen molar-refractivity contribution in [3.63, 3.8) is 0 Å². The third-order valence-electron chi connectivity index (χ3n) is 3.89. The Morgan fingerprint density at radius 3 is 2.64 bits per heavy atom. The van der Waals surface area contributed by atoms with E-state index in [0.717, 1.165) is 26.6 Å². The molecule has 3 rings (SSSR count). The van der Waals surface area contributed by atoms with Crippen LogP contribution in [0.15, 0.2) is 8.73 Å². The van der Waals surface area contributed by atoms with Crippen LogP contribution >= 0.6 is 23.1 Å². The Kier molecular flexibility index (Phi) is 3.93. The summed E-state index contributed by atoms with van der Waals surface area (Å²) in [7, 11) is 0. The third-order valence-corrected chi connectivity index (χ3v) is 6.23. The van der Waals surface area contributed by atoms with Gasteiger partial charge in [0, 0.05) is 17.9 Å². The van der Waals surface area contributed by atoms with E-state index in [4.69, 9.17) is 4.52 Å². The summed E-state index contributed by atoms with van der Waals surface area (Å²) in [5.41, 5.74) is 1.96. The highest BCUT2D eigenvalue weighted by Gasteiger charge is 2.37. The minimum absolute atomic E-state index is 0.0174. The van der Waals surface area contributed by atoms with Crippen molar-refractivity contribution < 1.29 is 9.32 Å². The first-order valence-corrected chi connectivity index (χ1v) is 9.43. The molecule has 0 N–H and O–H groups in total. The van der Waals surface area contributed by atoms with Crippen molar-refractivity contribution in [3.8, 4) is 10.8 Å². The summed E-state index contributed by atoms with van der Waals surface area (Å²) in [4.78, 5) is 18.1. The fraction of sp³-hybridized carbons (Fsp3) is 0.562. The van der Waals surface area contributed by atoms with Gasteiger partial charge in [0.1, 0.15) is 0 Å². The van der Waals surface area contributed by atoms with Gasteiger partial charge in [-0.3, -0.25) is 4.79 Å². The Morgan fingerprint density at radius 1 is 1.32 bits per heavy atom. The second kappa shape index (κ2) is 5.49. The van der Waals surface area contributed by atoms with E-state index in [1.54, 1.807) is 23.1 Å². The maximum atomic E-state index is 12.6. The molecule has 2 aromatic heterocycles. The van der Waals surface area contributed by atoms with Crippen LogP contribution in [0.1, 0.15) is 61.8 Å². The monoisotopic (exact) mass is 336 g/mol. The number of aromatic nitrogens is 2. The molecule has 6 heteroatoms. The molecule has 2 aromatic rings. The largest absolute Gasteiger partial charge is 0.333 e. The average molecular weight is 336 g/mol. The highest BCUT2D eigenvalue weighted by atomic mass is 32.2. The van der Waals surface area contributed by atoms with Crippen molar-refractivity contribution >= 4 is 28.9 Å². The van der Waals surface area contributed by atoms with Gasteiger partial charge in [0.05, 0.1) is 9.09 Å². The number of rotatable bonds is 3. The first-order valence-electron chi connectivity index (χ1n) is 7.39. The minimum atomic E-state index is -0.0174. The molecule has 0 amide bonds. The summed E-state index contributed by atoms with van der Waals surface area (Å²) < 4.78 is 6.53. The molecular weight excluding hydrogens is 316 g/mol. The lowest BCUT2D eigenvalue weighted by Crippen LogP contribution is -2.26. The van der Waals surface area contributed by atoms with E-state index in [1.165, 1.54) is 0 Å². The van der Waals surface area contributed by atoms with Crippen LogP contribution in [0.4, 0.5) is 0 Å². The van der Waals surface area contributed by atoms with Crippen molar-refractivity contribution in [1.82, 2.24) is 10.1 Å². The second-order valence-electron chi connectivity index (χ2n) is 6.83. The maximum Gasteiger partial charge on any atom is 0.268 e. The number of carbonyl (C=O) groups is 1. The first kappa shape index (κ1) is 15.7. The van der Waals surface area contributed by atoms with E-state index in [9.17, 15) is 4.79 Å². The fourth-order valence-electron chi connectivity index (χ4n) is 2.84. The molecule has 22 heavy (non-hydrogen) atoms. The molecule has 0 saturated heterocycles. The zero-order chi connectivity index (χ0) is 16.1. The highest BCUT2D eigenvalue weighted by molar-refractivity contribution is 8.00. The van der Waals surface area contributed by atoms with Crippen LogP contribution < -0.4 is 0 Å². The molecule has 0 aromatic carbocycles. The van der Waals surface area contributed by atoms with Gasteiger partial charge in [-0.1, -0.05) is 32.9 Å². The number of Topliss-reactive ketones (excluding diaryl/α,β-unsaturated/α-hetero) is 1. The van der Waals surface area contributed by atoms with Crippen LogP contribution in [-0.4, -0.2) is 22.2 Å². The summed E-state index contributed by atoms with van der Waals surface area (Å²) in [6, 6.07) is 0. The van der Waals surface area contributed by atoms with E-state index in [2.05, 4.69) is 24.0 Å². The maximum absolute atomic E-state index is 12.6. The van der Waals surface area contributed by atoms with Crippen molar-refractivity contribution in [2.24, 2.45) is 5.41 Å². The summed E-state index contributed by atoms with van der Waals surface area (Å²) in [5, 5.41) is 4.06. The van der Waals surface area contributed by atoms with Gasteiger partial charge in [0.25, 0.3) is 5.89 Å². The quantitative estimate of drug-likeness (QED) is 0.754. The van der Waals surface area contributed by atoms with Crippen molar-refractivity contribution in [3.05, 3.63) is 17.0 Å². The topological polar surface area (TPSA) is 56.0 Å². The normalized spacial score (nSPS) is 17.1. The van der Waals surface area contributed by atoms with Gasteiger partial charge in [0.2, 0.25) is 0 Å². The van der Waals surface area contributed by atoms with Gasteiger partial charge in [-0.05, 0) is 23.7 Å². The van der Waals surface area contributed by atoms with Crippen molar-refractivity contribution in [2.45, 2.75) is 50.7 Å². The van der Waals surface area contributed by atoms with Gasteiger partial charge < -0.3 is 4.52 Å². The second-order valence-corrected chi connectivity index (χ2v) is 8.93. The van der Waals surface area contributed by atoms with Crippen LogP contribution in [0.25, 0.3) is 10.8 Å². The van der Waals surface area contributed by atoms with E-state index < -0.39 is 0 Å². The van der Waals surface area contributed by atoms with Gasteiger partial charge in [-0.2, -0.15) is 4.98 Å². The van der Waals surface area contributed by atoms with Crippen LogP contribution in [-0.2, 0) is 6.42 Å². The summed E-state index contributed by atoms with van der Waals surface area (Å²) >= 11 is 3.23. The summed E-state index contributed by atoms with van der Waals surface area (Å²) in [6.45, 7) is 8.36. The first-order chi connectivity index (χ1) is 10.3. The molecule has 0 radical (unpaired) electrons. The summed E-state index contributed by atoms with van der Waals surface area (Å²) in [6.07, 6.45) is 3.49. The lowest BCUT2D eigenvalue weighted by Gasteiger charge is -2.29. The Labute approximate surface area is 138 Å². The van der Waals surface area contributed by atoms with Gasteiger partial charge in [0.15, 0.2) is 11.6 Å². The molecular formula is C16H20N2O2S2. The molecule has 0 aliphatic heterocycles. The molecule has 4 nitrogen and oxygen atoms in total. The Bertz CT molecular complexity index is 729. The highest BCUT2D eigenvalue weighted by Crippen LogP contribution is 2.47. The van der Waals surface area contributed by atoms with E-state index in [1.807, 2.05) is 20.1 Å². The predicted molar refractivity (Wildman–Crippen MR) is 89.9 cm³/mol. The Hall–Kier alpha value is -1.14. The van der Waals surface area contributed by atoms with Crippen molar-refractivity contribution in [2.75, 3.05) is 6.26 Å². The molecule has 2 heterocycles. The molecule has 0 unspecified atom stereocenters. The molecule has 0 atom stereocenters. The number of carbonyl (C=O) groups excluding carboxylic acids is 1. The Morgan fingerprint density at radius 2 is 2.05 bits per heavy atom. The average Bonchev–Trinajstić information content (AvgIpc) is 3.00. The van der Waals surface area contributed by atoms with Crippen LogP contribution in [0, 0.1) is 5.41 Å². The van der Waals surface area contributed by atoms with Crippen LogP contribution in [0.5, 0.6) is 0 Å². The van der Waals surface area contributed by atoms with Crippen LogP contribution in [0.3, 0.4) is 0 Å². The van der Waals surface area contributed by atoms with Gasteiger partial charge >= 0.3 is 0 Å². The molecule has 0 spiro atoms. The fourth-order valence-corrected chi connectivity index (χ4v) is 4.85. The molecule has 0 bridgehead atoms. The minimum Gasteiger partial charge on any atom is -0.333 e. The number of nitrogens with zero attached hydrogens (tertiary/aromatic N) is 2. The van der Waals surface area contributed by atoms with E-state index in [-0.39, 0.29) is 17.1 Å². The molecule has 118 valence electrons. The molecule has 0 fully saturated rings.